The van der Waals surface area contributed by atoms with Crippen molar-refractivity contribution in [2.75, 3.05) is 17.8 Å². The topological polar surface area (TPSA) is 66.4 Å². The molecular formula is C11H19NO3S2. The van der Waals surface area contributed by atoms with E-state index in [0.29, 0.717) is 0 Å². The van der Waals surface area contributed by atoms with E-state index in [1.807, 2.05) is 11.8 Å². The van der Waals surface area contributed by atoms with Crippen LogP contribution in [0.1, 0.15) is 25.7 Å². The molecule has 1 aliphatic rings. The molecule has 0 radical (unpaired) electrons. The second-order valence-electron chi connectivity index (χ2n) is 4.16. The normalized spacial score (nSPS) is 24.3. The predicted octanol–water partition coefficient (Wildman–Crippen LogP) is 1.59. The van der Waals surface area contributed by atoms with Crippen molar-refractivity contribution in [3.8, 4) is 0 Å². The largest absolute Gasteiger partial charge is 0.481 e. The van der Waals surface area contributed by atoms with Crippen molar-refractivity contribution >= 4 is 35.4 Å². The van der Waals surface area contributed by atoms with Gasteiger partial charge in [0.05, 0.1) is 11.5 Å². The van der Waals surface area contributed by atoms with E-state index >= 15 is 0 Å². The van der Waals surface area contributed by atoms with Crippen molar-refractivity contribution in [3.63, 3.8) is 0 Å². The fourth-order valence-electron chi connectivity index (χ4n) is 1.94. The van der Waals surface area contributed by atoms with E-state index in [2.05, 4.69) is 11.6 Å². The second kappa shape index (κ2) is 7.87. The summed E-state index contributed by atoms with van der Waals surface area (Å²) in [5.41, 5.74) is 0. The lowest BCUT2D eigenvalue weighted by atomic mass is 9.95. The van der Waals surface area contributed by atoms with Gasteiger partial charge in [-0.1, -0.05) is 0 Å². The van der Waals surface area contributed by atoms with Crippen LogP contribution in [0.5, 0.6) is 0 Å². The van der Waals surface area contributed by atoms with Crippen LogP contribution in [0.3, 0.4) is 0 Å². The minimum absolute atomic E-state index is 0.00731. The van der Waals surface area contributed by atoms with Gasteiger partial charge in [0.2, 0.25) is 5.91 Å². The predicted molar refractivity (Wildman–Crippen MR) is 72.7 cm³/mol. The highest BCUT2D eigenvalue weighted by Gasteiger charge is 2.21. The molecule has 0 saturated heterocycles. The van der Waals surface area contributed by atoms with E-state index in [4.69, 9.17) is 5.11 Å². The van der Waals surface area contributed by atoms with Gasteiger partial charge in [-0.15, -0.1) is 11.8 Å². The Morgan fingerprint density at radius 3 is 2.41 bits per heavy atom. The van der Waals surface area contributed by atoms with Gasteiger partial charge >= 0.3 is 5.97 Å². The molecule has 1 aliphatic carbocycles. The van der Waals surface area contributed by atoms with Gasteiger partial charge in [-0.2, -0.15) is 11.8 Å². The van der Waals surface area contributed by atoms with Gasteiger partial charge in [0.25, 0.3) is 0 Å². The lowest BCUT2D eigenvalue weighted by molar-refractivity contribution is -0.133. The van der Waals surface area contributed by atoms with Crippen molar-refractivity contribution in [1.82, 2.24) is 5.32 Å². The minimum atomic E-state index is -0.872. The first-order valence-electron chi connectivity index (χ1n) is 5.73. The molecule has 0 aliphatic heterocycles. The lowest BCUT2D eigenvalue weighted by Crippen LogP contribution is -2.39. The molecule has 0 aromatic rings. The maximum absolute atomic E-state index is 11.5. The minimum Gasteiger partial charge on any atom is -0.481 e. The zero-order chi connectivity index (χ0) is 12.7. The van der Waals surface area contributed by atoms with Crippen LogP contribution in [0.15, 0.2) is 0 Å². The van der Waals surface area contributed by atoms with Crippen LogP contribution >= 0.6 is 23.5 Å². The summed E-state index contributed by atoms with van der Waals surface area (Å²) in [4.78, 5) is 21.8. The monoisotopic (exact) mass is 277 g/mol. The van der Waals surface area contributed by atoms with E-state index in [0.717, 1.165) is 42.7 Å². The zero-order valence-corrected chi connectivity index (χ0v) is 11.6. The molecule has 0 bridgehead atoms. The Hall–Kier alpha value is -0.360. The highest BCUT2D eigenvalue weighted by Crippen LogP contribution is 2.26. The Morgan fingerprint density at radius 1 is 1.24 bits per heavy atom. The van der Waals surface area contributed by atoms with E-state index in [9.17, 15) is 9.59 Å². The Kier molecular flexibility index (Phi) is 6.80. The quantitative estimate of drug-likeness (QED) is 0.772. The smallest absolute Gasteiger partial charge is 0.313 e. The van der Waals surface area contributed by atoms with Crippen LogP contribution in [-0.2, 0) is 9.59 Å². The van der Waals surface area contributed by atoms with E-state index < -0.39 is 5.97 Å². The number of carbonyl (C=O) groups excluding carboxylic acids is 1. The summed E-state index contributed by atoms with van der Waals surface area (Å²) < 4.78 is 0. The number of hydrogen-bond acceptors (Lipinski definition) is 4. The maximum Gasteiger partial charge on any atom is 0.313 e. The number of carboxylic acid groups (broad SMARTS) is 1. The molecule has 1 fully saturated rings. The zero-order valence-electron chi connectivity index (χ0n) is 9.98. The summed E-state index contributed by atoms with van der Waals surface area (Å²) in [6, 6.07) is 0.288. The summed E-state index contributed by atoms with van der Waals surface area (Å²) in [5, 5.41) is 12.2. The number of nitrogens with one attached hydrogen (secondary N) is 1. The number of amides is 1. The molecule has 0 unspecified atom stereocenters. The molecule has 98 valence electrons. The van der Waals surface area contributed by atoms with Crippen LogP contribution < -0.4 is 5.32 Å². The summed E-state index contributed by atoms with van der Waals surface area (Å²) in [7, 11) is 0. The fraction of sp³-hybridized carbons (Fsp3) is 0.818. The number of rotatable bonds is 6. The first-order valence-corrected chi connectivity index (χ1v) is 8.17. The van der Waals surface area contributed by atoms with Crippen LogP contribution in [-0.4, -0.2) is 46.0 Å². The van der Waals surface area contributed by atoms with Crippen LogP contribution in [0.2, 0.25) is 0 Å². The molecule has 1 rings (SSSR count). The van der Waals surface area contributed by atoms with Crippen molar-refractivity contribution in [2.24, 2.45) is 0 Å². The molecule has 0 aromatic heterocycles. The number of carboxylic acids is 1. The highest BCUT2D eigenvalue weighted by atomic mass is 32.2. The molecule has 1 amide bonds. The molecule has 0 atom stereocenters. The molecule has 0 spiro atoms. The van der Waals surface area contributed by atoms with Gasteiger partial charge in [-0.3, -0.25) is 9.59 Å². The number of hydrogen-bond donors (Lipinski definition) is 2. The van der Waals surface area contributed by atoms with Crippen molar-refractivity contribution in [3.05, 3.63) is 0 Å². The molecular weight excluding hydrogens is 258 g/mol. The highest BCUT2D eigenvalue weighted by molar-refractivity contribution is 8.00. The number of aliphatic carboxylic acids is 1. The number of thioether (sulfide) groups is 2. The van der Waals surface area contributed by atoms with Gasteiger partial charge in [-0.25, -0.2) is 0 Å². The first-order chi connectivity index (χ1) is 8.11. The SMILES string of the molecule is CSC1CCC(NC(=O)CSCC(=O)O)CC1. The standard InChI is InChI=1S/C11H19NO3S2/c1-16-9-4-2-8(3-5-9)12-10(13)6-17-7-11(14)15/h8-9H,2-7H2,1H3,(H,12,13)(H,14,15). The third-order valence-corrected chi connectivity index (χ3v) is 4.89. The summed E-state index contributed by atoms with van der Waals surface area (Å²) in [5.74, 6) is -0.673. The van der Waals surface area contributed by atoms with Gasteiger partial charge in [0, 0.05) is 11.3 Å². The summed E-state index contributed by atoms with van der Waals surface area (Å²) in [6.07, 6.45) is 6.54. The van der Waals surface area contributed by atoms with E-state index in [-0.39, 0.29) is 23.5 Å². The molecule has 2 N–H and O–H groups in total. The van der Waals surface area contributed by atoms with Gasteiger partial charge in [0.1, 0.15) is 0 Å². The van der Waals surface area contributed by atoms with Gasteiger partial charge < -0.3 is 10.4 Å². The second-order valence-corrected chi connectivity index (χ2v) is 6.29. The van der Waals surface area contributed by atoms with Crippen molar-refractivity contribution < 1.29 is 14.7 Å². The van der Waals surface area contributed by atoms with E-state index in [1.165, 1.54) is 0 Å². The van der Waals surface area contributed by atoms with Crippen molar-refractivity contribution in [2.45, 2.75) is 37.0 Å². The maximum atomic E-state index is 11.5. The Balaban J connectivity index is 2.12. The fourth-order valence-corrected chi connectivity index (χ4v) is 3.23. The molecule has 17 heavy (non-hydrogen) atoms. The molecule has 6 heteroatoms. The third-order valence-electron chi connectivity index (χ3n) is 2.83. The number of carbonyl (C=O) groups is 2. The molecule has 1 saturated carbocycles. The lowest BCUT2D eigenvalue weighted by Gasteiger charge is -2.27. The average Bonchev–Trinajstić information content (AvgIpc) is 2.29. The van der Waals surface area contributed by atoms with Crippen LogP contribution in [0, 0.1) is 0 Å². The van der Waals surface area contributed by atoms with E-state index in [1.54, 1.807) is 0 Å². The molecule has 0 aromatic carbocycles. The Morgan fingerprint density at radius 2 is 1.88 bits per heavy atom. The van der Waals surface area contributed by atoms with Crippen LogP contribution in [0.4, 0.5) is 0 Å². The Labute approximate surface area is 110 Å². The van der Waals surface area contributed by atoms with Gasteiger partial charge in [0.15, 0.2) is 0 Å². The summed E-state index contributed by atoms with van der Waals surface area (Å²) in [6.45, 7) is 0. The van der Waals surface area contributed by atoms with Crippen LogP contribution in [0.25, 0.3) is 0 Å². The summed E-state index contributed by atoms with van der Waals surface area (Å²) >= 11 is 3.05. The molecule has 0 heterocycles. The average molecular weight is 277 g/mol. The first kappa shape index (κ1) is 14.7. The molecule has 4 nitrogen and oxygen atoms in total. The Bertz CT molecular complexity index is 265. The third kappa shape index (κ3) is 6.21. The van der Waals surface area contributed by atoms with Gasteiger partial charge in [-0.05, 0) is 31.9 Å². The van der Waals surface area contributed by atoms with Crippen molar-refractivity contribution in [1.29, 1.82) is 0 Å².